The molecule has 0 bridgehead atoms. The van der Waals surface area contributed by atoms with Gasteiger partial charge < -0.3 is 9.94 Å². The number of rotatable bonds is 3. The van der Waals surface area contributed by atoms with Crippen LogP contribution in [0.25, 0.3) is 0 Å². The number of nitro groups is 1. The van der Waals surface area contributed by atoms with Crippen LogP contribution < -0.4 is 0 Å². The number of aliphatic hydroxyl groups is 1. The van der Waals surface area contributed by atoms with Gasteiger partial charge in [0.25, 0.3) is 5.69 Å². The second-order valence-corrected chi connectivity index (χ2v) is 4.70. The van der Waals surface area contributed by atoms with Gasteiger partial charge in [0.05, 0.1) is 10.6 Å². The van der Waals surface area contributed by atoms with E-state index in [1.807, 2.05) is 12.2 Å². The highest BCUT2D eigenvalue weighted by molar-refractivity contribution is 6.01. The fourth-order valence-corrected chi connectivity index (χ4v) is 2.20. The maximum atomic E-state index is 10.6. The highest BCUT2D eigenvalue weighted by atomic mass is 16.6. The van der Waals surface area contributed by atoms with Gasteiger partial charge in [0.15, 0.2) is 6.10 Å². The first-order valence-corrected chi connectivity index (χ1v) is 6.40. The van der Waals surface area contributed by atoms with Crippen molar-refractivity contribution in [1.82, 2.24) is 0 Å². The summed E-state index contributed by atoms with van der Waals surface area (Å²) in [6.45, 7) is 0. The molecule has 1 N–H and O–H groups in total. The second kappa shape index (κ2) is 5.24. The molecule has 1 atom stereocenters. The third kappa shape index (κ3) is 2.55. The van der Waals surface area contributed by atoms with E-state index in [-0.39, 0.29) is 11.4 Å². The lowest BCUT2D eigenvalue weighted by Crippen LogP contribution is -2.12. The number of oxime groups is 1. The molecule has 2 aliphatic rings. The molecule has 3 rings (SSSR count). The molecule has 1 aliphatic heterocycles. The quantitative estimate of drug-likeness (QED) is 0.525. The zero-order valence-corrected chi connectivity index (χ0v) is 11.0. The zero-order valence-electron chi connectivity index (χ0n) is 11.0. The first kappa shape index (κ1) is 13.1. The van der Waals surface area contributed by atoms with Gasteiger partial charge in [-0.25, -0.2) is 0 Å². The molecule has 1 aromatic carbocycles. The Morgan fingerprint density at radius 3 is 2.57 bits per heavy atom. The molecule has 21 heavy (non-hydrogen) atoms. The summed E-state index contributed by atoms with van der Waals surface area (Å²) in [6.07, 6.45) is 7.16. The van der Waals surface area contributed by atoms with Crippen molar-refractivity contribution in [3.05, 3.63) is 75.6 Å². The minimum absolute atomic E-state index is 0.0287. The summed E-state index contributed by atoms with van der Waals surface area (Å²) in [5.41, 5.74) is 2.15. The molecule has 1 aliphatic carbocycles. The summed E-state index contributed by atoms with van der Waals surface area (Å²) in [5.74, 6) is 0.140. The third-order valence-electron chi connectivity index (χ3n) is 3.34. The largest absolute Gasteiger partial charge is 0.508 e. The van der Waals surface area contributed by atoms with E-state index in [9.17, 15) is 15.2 Å². The van der Waals surface area contributed by atoms with Crippen LogP contribution in [0.4, 0.5) is 5.69 Å². The smallest absolute Gasteiger partial charge is 0.269 e. The van der Waals surface area contributed by atoms with Crippen molar-refractivity contribution in [2.75, 3.05) is 0 Å². The Hall–Kier alpha value is -2.89. The number of non-ortho nitro benzene ring substituents is 1. The van der Waals surface area contributed by atoms with Crippen LogP contribution in [0, 0.1) is 10.1 Å². The fraction of sp³-hybridized carbons (Fsp3) is 0.133. The number of nitro benzene ring substituents is 1. The van der Waals surface area contributed by atoms with Gasteiger partial charge in [0, 0.05) is 24.1 Å². The van der Waals surface area contributed by atoms with Crippen LogP contribution in [0.1, 0.15) is 12.0 Å². The van der Waals surface area contributed by atoms with Gasteiger partial charge in [-0.1, -0.05) is 29.5 Å². The van der Waals surface area contributed by atoms with Crippen LogP contribution in [0.3, 0.4) is 0 Å². The number of aliphatic hydroxyl groups excluding tert-OH is 1. The van der Waals surface area contributed by atoms with Crippen molar-refractivity contribution in [3.8, 4) is 0 Å². The summed E-state index contributed by atoms with van der Waals surface area (Å²) < 4.78 is 0. The normalized spacial score (nSPS) is 19.5. The Morgan fingerprint density at radius 1 is 1.29 bits per heavy atom. The SMILES string of the molecule is O=[N+]([O-])c1ccc(C2=NOC(C(O)=C3C=CC=C3)C2)cc1. The molecular weight excluding hydrogens is 272 g/mol. The molecule has 0 saturated carbocycles. The standard InChI is InChI=1S/C15H12N2O4/c18-15(11-3-1-2-4-11)14-9-13(16-21-14)10-5-7-12(8-6-10)17(19)20/h1-8,14,18H,9H2. The zero-order chi connectivity index (χ0) is 14.8. The Bertz CT molecular complexity index is 685. The predicted octanol–water partition coefficient (Wildman–Crippen LogP) is 3.03. The maximum Gasteiger partial charge on any atom is 0.269 e. The van der Waals surface area contributed by atoms with E-state index in [0.717, 1.165) is 5.56 Å². The molecule has 6 nitrogen and oxygen atoms in total. The van der Waals surface area contributed by atoms with E-state index < -0.39 is 11.0 Å². The summed E-state index contributed by atoms with van der Waals surface area (Å²) in [6, 6.07) is 6.10. The van der Waals surface area contributed by atoms with E-state index >= 15 is 0 Å². The third-order valence-corrected chi connectivity index (χ3v) is 3.34. The molecule has 6 heteroatoms. The van der Waals surface area contributed by atoms with Gasteiger partial charge >= 0.3 is 0 Å². The molecule has 1 aromatic rings. The van der Waals surface area contributed by atoms with Gasteiger partial charge in [-0.2, -0.15) is 0 Å². The van der Waals surface area contributed by atoms with Crippen LogP contribution in [-0.2, 0) is 4.84 Å². The van der Waals surface area contributed by atoms with E-state index in [2.05, 4.69) is 5.16 Å². The minimum atomic E-state index is -0.516. The average molecular weight is 284 g/mol. The van der Waals surface area contributed by atoms with E-state index in [1.54, 1.807) is 24.3 Å². The Balaban J connectivity index is 1.75. The summed E-state index contributed by atoms with van der Waals surface area (Å²) in [4.78, 5) is 15.4. The molecule has 106 valence electrons. The summed E-state index contributed by atoms with van der Waals surface area (Å²) >= 11 is 0. The number of allylic oxidation sites excluding steroid dienone is 5. The van der Waals surface area contributed by atoms with E-state index in [1.165, 1.54) is 12.1 Å². The second-order valence-electron chi connectivity index (χ2n) is 4.70. The van der Waals surface area contributed by atoms with Gasteiger partial charge in [-0.05, 0) is 17.7 Å². The molecule has 0 radical (unpaired) electrons. The van der Waals surface area contributed by atoms with E-state index in [4.69, 9.17) is 4.84 Å². The maximum absolute atomic E-state index is 10.6. The van der Waals surface area contributed by atoms with Gasteiger partial charge in [-0.3, -0.25) is 10.1 Å². The lowest BCUT2D eigenvalue weighted by Gasteiger charge is -2.08. The van der Waals surface area contributed by atoms with Crippen molar-refractivity contribution < 1.29 is 14.9 Å². The Kier molecular flexibility index (Phi) is 3.27. The number of benzene rings is 1. The van der Waals surface area contributed by atoms with Crippen molar-refractivity contribution in [2.24, 2.45) is 5.16 Å². The molecule has 1 unspecified atom stereocenters. The molecule has 1 heterocycles. The Morgan fingerprint density at radius 2 is 1.95 bits per heavy atom. The highest BCUT2D eigenvalue weighted by Crippen LogP contribution is 2.25. The molecule has 0 aromatic heterocycles. The molecule has 0 amide bonds. The lowest BCUT2D eigenvalue weighted by molar-refractivity contribution is -0.384. The van der Waals surface area contributed by atoms with Gasteiger partial charge in [-0.15, -0.1) is 0 Å². The predicted molar refractivity (Wildman–Crippen MR) is 77.1 cm³/mol. The van der Waals surface area contributed by atoms with Crippen LogP contribution in [-0.4, -0.2) is 21.8 Å². The highest BCUT2D eigenvalue weighted by Gasteiger charge is 2.27. The first-order valence-electron chi connectivity index (χ1n) is 6.40. The topological polar surface area (TPSA) is 85.0 Å². The number of hydrogen-bond donors (Lipinski definition) is 1. The molecule has 0 saturated heterocycles. The molecule has 0 spiro atoms. The van der Waals surface area contributed by atoms with E-state index in [0.29, 0.717) is 17.7 Å². The minimum Gasteiger partial charge on any atom is -0.508 e. The monoisotopic (exact) mass is 284 g/mol. The Labute approximate surface area is 120 Å². The van der Waals surface area contributed by atoms with Crippen molar-refractivity contribution in [2.45, 2.75) is 12.5 Å². The molecular formula is C15H12N2O4. The lowest BCUT2D eigenvalue weighted by atomic mass is 10.0. The van der Waals surface area contributed by atoms with Crippen molar-refractivity contribution in [3.63, 3.8) is 0 Å². The first-order chi connectivity index (χ1) is 10.1. The van der Waals surface area contributed by atoms with Gasteiger partial charge in [0.2, 0.25) is 0 Å². The van der Waals surface area contributed by atoms with Crippen LogP contribution in [0.5, 0.6) is 0 Å². The van der Waals surface area contributed by atoms with Crippen LogP contribution in [0.2, 0.25) is 0 Å². The fourth-order valence-electron chi connectivity index (χ4n) is 2.20. The van der Waals surface area contributed by atoms with Crippen LogP contribution >= 0.6 is 0 Å². The van der Waals surface area contributed by atoms with Gasteiger partial charge in [0.1, 0.15) is 5.76 Å². The van der Waals surface area contributed by atoms with Crippen LogP contribution in [0.15, 0.2) is 65.1 Å². The average Bonchev–Trinajstić information content (AvgIpc) is 3.18. The number of nitrogens with zero attached hydrogens (tertiary/aromatic N) is 2. The summed E-state index contributed by atoms with van der Waals surface area (Å²) in [7, 11) is 0. The molecule has 0 fully saturated rings. The number of hydrogen-bond acceptors (Lipinski definition) is 5. The summed E-state index contributed by atoms with van der Waals surface area (Å²) in [5, 5.41) is 24.7. The van der Waals surface area contributed by atoms with Crippen molar-refractivity contribution >= 4 is 11.4 Å². The van der Waals surface area contributed by atoms with Crippen molar-refractivity contribution in [1.29, 1.82) is 0 Å².